The maximum Gasteiger partial charge on any atom is 0.416 e. The van der Waals surface area contributed by atoms with Crippen molar-refractivity contribution in [1.29, 1.82) is 0 Å². The SMILES string of the molecule is CCS(=O)(=O)N1CC[NH+](Cc2ccccc2C(F)(F)F)CC1. The van der Waals surface area contributed by atoms with Crippen molar-refractivity contribution in [2.45, 2.75) is 19.6 Å². The number of hydrogen-bond donors (Lipinski definition) is 1. The van der Waals surface area contributed by atoms with Gasteiger partial charge in [0.2, 0.25) is 10.0 Å². The summed E-state index contributed by atoms with van der Waals surface area (Å²) in [5.41, 5.74) is -0.345. The van der Waals surface area contributed by atoms with Crippen molar-refractivity contribution >= 4 is 10.0 Å². The van der Waals surface area contributed by atoms with Gasteiger partial charge in [-0.25, -0.2) is 8.42 Å². The molecule has 0 aromatic heterocycles. The first-order chi connectivity index (χ1) is 10.2. The van der Waals surface area contributed by atoms with Gasteiger partial charge >= 0.3 is 6.18 Å². The van der Waals surface area contributed by atoms with Crippen LogP contribution < -0.4 is 4.90 Å². The van der Waals surface area contributed by atoms with Gasteiger partial charge < -0.3 is 4.90 Å². The van der Waals surface area contributed by atoms with Crippen molar-refractivity contribution in [1.82, 2.24) is 4.31 Å². The van der Waals surface area contributed by atoms with E-state index in [1.165, 1.54) is 16.4 Å². The van der Waals surface area contributed by atoms with Crippen molar-refractivity contribution in [3.63, 3.8) is 0 Å². The maximum absolute atomic E-state index is 13.0. The molecule has 1 heterocycles. The molecule has 8 heteroatoms. The molecule has 1 aromatic carbocycles. The molecule has 0 radical (unpaired) electrons. The normalized spacial score (nSPS) is 18.5. The molecule has 22 heavy (non-hydrogen) atoms. The summed E-state index contributed by atoms with van der Waals surface area (Å²) in [5, 5.41) is 0. The van der Waals surface area contributed by atoms with Gasteiger partial charge in [0.1, 0.15) is 6.54 Å². The van der Waals surface area contributed by atoms with E-state index in [0.29, 0.717) is 26.2 Å². The topological polar surface area (TPSA) is 41.8 Å². The molecule has 1 N–H and O–H groups in total. The maximum atomic E-state index is 13.0. The van der Waals surface area contributed by atoms with Gasteiger partial charge in [0.05, 0.1) is 37.5 Å². The van der Waals surface area contributed by atoms with Gasteiger partial charge in [-0.05, 0) is 13.0 Å². The lowest BCUT2D eigenvalue weighted by molar-refractivity contribution is -0.917. The van der Waals surface area contributed by atoms with Crippen molar-refractivity contribution in [3.05, 3.63) is 35.4 Å². The molecule has 0 atom stereocenters. The van der Waals surface area contributed by atoms with Crippen LogP contribution in [0.5, 0.6) is 0 Å². The third kappa shape index (κ3) is 3.99. The van der Waals surface area contributed by atoms with E-state index in [1.807, 2.05) is 0 Å². The highest BCUT2D eigenvalue weighted by molar-refractivity contribution is 7.89. The van der Waals surface area contributed by atoms with Crippen LogP contribution in [0.15, 0.2) is 24.3 Å². The molecule has 0 bridgehead atoms. The molecule has 1 aliphatic rings. The van der Waals surface area contributed by atoms with Gasteiger partial charge in [0.25, 0.3) is 0 Å². The summed E-state index contributed by atoms with van der Waals surface area (Å²) in [4.78, 5) is 0.972. The molecule has 1 aromatic rings. The third-order valence-corrected chi connectivity index (χ3v) is 5.83. The van der Waals surface area contributed by atoms with E-state index in [9.17, 15) is 21.6 Å². The Hall–Kier alpha value is -1.12. The Labute approximate surface area is 128 Å². The molecule has 0 amide bonds. The lowest BCUT2D eigenvalue weighted by Crippen LogP contribution is -3.13. The van der Waals surface area contributed by atoms with Gasteiger partial charge in [-0.3, -0.25) is 0 Å². The summed E-state index contributed by atoms with van der Waals surface area (Å²) >= 11 is 0. The number of piperazine rings is 1. The highest BCUT2D eigenvalue weighted by Gasteiger charge is 2.35. The largest absolute Gasteiger partial charge is 0.416 e. The first-order valence-corrected chi connectivity index (χ1v) is 8.81. The summed E-state index contributed by atoms with van der Waals surface area (Å²) in [6, 6.07) is 5.56. The number of quaternary nitrogens is 1. The number of nitrogens with one attached hydrogen (secondary N) is 1. The Balaban J connectivity index is 2.03. The number of benzene rings is 1. The highest BCUT2D eigenvalue weighted by atomic mass is 32.2. The zero-order valence-electron chi connectivity index (χ0n) is 12.4. The summed E-state index contributed by atoms with van der Waals surface area (Å²) in [6.45, 7) is 3.61. The molecule has 1 fully saturated rings. The predicted molar refractivity (Wildman–Crippen MR) is 76.9 cm³/mol. The molecule has 0 aliphatic carbocycles. The van der Waals surface area contributed by atoms with E-state index >= 15 is 0 Å². The Morgan fingerprint density at radius 2 is 1.77 bits per heavy atom. The van der Waals surface area contributed by atoms with Crippen molar-refractivity contribution in [3.8, 4) is 0 Å². The van der Waals surface area contributed by atoms with Crippen LogP contribution in [0.25, 0.3) is 0 Å². The minimum atomic E-state index is -4.36. The predicted octanol–water partition coefficient (Wildman–Crippen LogP) is 0.756. The molecule has 0 unspecified atom stereocenters. The molecule has 0 saturated carbocycles. The van der Waals surface area contributed by atoms with Crippen LogP contribution in [0, 0.1) is 0 Å². The summed E-state index contributed by atoms with van der Waals surface area (Å²) in [6.07, 6.45) is -4.36. The second-order valence-corrected chi connectivity index (χ2v) is 7.64. The van der Waals surface area contributed by atoms with Crippen LogP contribution in [0.4, 0.5) is 13.2 Å². The number of hydrogen-bond acceptors (Lipinski definition) is 2. The van der Waals surface area contributed by atoms with Crippen molar-refractivity contribution in [2.75, 3.05) is 31.9 Å². The first-order valence-electron chi connectivity index (χ1n) is 7.20. The number of halogens is 3. The Morgan fingerprint density at radius 3 is 2.32 bits per heavy atom. The standard InChI is InChI=1S/C14H19F3N2O2S/c1-2-22(20,21)19-9-7-18(8-10-19)11-12-5-3-4-6-13(12)14(15,16)17/h3-6H,2,7-11H2,1H3/p+1. The molecule has 0 spiro atoms. The van der Waals surface area contributed by atoms with E-state index in [-0.39, 0.29) is 17.9 Å². The quantitative estimate of drug-likeness (QED) is 0.881. The fourth-order valence-corrected chi connectivity index (χ4v) is 3.76. The fraction of sp³-hybridized carbons (Fsp3) is 0.571. The number of sulfonamides is 1. The summed E-state index contributed by atoms with van der Waals surface area (Å²) in [5.74, 6) is 0.0548. The fourth-order valence-electron chi connectivity index (χ4n) is 2.66. The molecule has 4 nitrogen and oxygen atoms in total. The highest BCUT2D eigenvalue weighted by Crippen LogP contribution is 2.31. The van der Waals surface area contributed by atoms with Crippen LogP contribution in [0.3, 0.4) is 0 Å². The zero-order chi connectivity index (χ0) is 16.4. The van der Waals surface area contributed by atoms with Crippen molar-refractivity contribution in [2.24, 2.45) is 0 Å². The number of alkyl halides is 3. The molecule has 2 rings (SSSR count). The molecular weight excluding hydrogens is 317 g/mol. The van der Waals surface area contributed by atoms with Gasteiger partial charge in [-0.15, -0.1) is 0 Å². The van der Waals surface area contributed by atoms with Crippen molar-refractivity contribution < 1.29 is 26.5 Å². The van der Waals surface area contributed by atoms with Crippen LogP contribution in [-0.2, 0) is 22.7 Å². The van der Waals surface area contributed by atoms with Crippen LogP contribution >= 0.6 is 0 Å². The smallest absolute Gasteiger partial charge is 0.329 e. The Bertz CT molecular complexity index is 609. The van der Waals surface area contributed by atoms with Gasteiger partial charge in [0, 0.05) is 5.56 Å². The Kier molecular flexibility index (Phi) is 5.14. The van der Waals surface area contributed by atoms with E-state index < -0.39 is 21.8 Å². The van der Waals surface area contributed by atoms with E-state index in [0.717, 1.165) is 11.0 Å². The average molecular weight is 337 g/mol. The third-order valence-electron chi connectivity index (χ3n) is 3.95. The number of nitrogens with zero attached hydrogens (tertiary/aromatic N) is 1. The van der Waals surface area contributed by atoms with E-state index in [1.54, 1.807) is 13.0 Å². The van der Waals surface area contributed by atoms with Gasteiger partial charge in [0.15, 0.2) is 0 Å². The molecule has 1 aliphatic heterocycles. The van der Waals surface area contributed by atoms with Crippen LogP contribution in [0.1, 0.15) is 18.1 Å². The first kappa shape index (κ1) is 17.2. The minimum Gasteiger partial charge on any atom is -0.329 e. The monoisotopic (exact) mass is 337 g/mol. The summed E-state index contributed by atoms with van der Waals surface area (Å²) < 4.78 is 63.9. The lowest BCUT2D eigenvalue weighted by atomic mass is 10.1. The summed E-state index contributed by atoms with van der Waals surface area (Å²) in [7, 11) is -3.21. The molecular formula is C14H20F3N2O2S+. The zero-order valence-corrected chi connectivity index (χ0v) is 13.2. The molecule has 124 valence electrons. The Morgan fingerprint density at radius 1 is 1.18 bits per heavy atom. The molecule has 1 saturated heterocycles. The number of rotatable bonds is 4. The minimum absolute atomic E-state index is 0.0548. The van der Waals surface area contributed by atoms with E-state index in [2.05, 4.69) is 0 Å². The second kappa shape index (κ2) is 6.55. The van der Waals surface area contributed by atoms with E-state index in [4.69, 9.17) is 0 Å². The van der Waals surface area contributed by atoms with Gasteiger partial charge in [-0.1, -0.05) is 18.2 Å². The average Bonchev–Trinajstić information content (AvgIpc) is 2.47. The second-order valence-electron chi connectivity index (χ2n) is 5.38. The lowest BCUT2D eigenvalue weighted by Gasteiger charge is -2.31. The van der Waals surface area contributed by atoms with Crippen LogP contribution in [0.2, 0.25) is 0 Å². The van der Waals surface area contributed by atoms with Gasteiger partial charge in [-0.2, -0.15) is 17.5 Å². The van der Waals surface area contributed by atoms with Crippen LogP contribution in [-0.4, -0.2) is 44.7 Å².